The van der Waals surface area contributed by atoms with E-state index in [0.29, 0.717) is 0 Å². The van der Waals surface area contributed by atoms with Crippen LogP contribution in [-0.4, -0.2) is 318 Å². The Balaban J connectivity index is 0.000000294. The van der Waals surface area contributed by atoms with Gasteiger partial charge in [0.25, 0.3) is 0 Å². The quantitative estimate of drug-likeness (QED) is 0.0344. The lowest BCUT2D eigenvalue weighted by Gasteiger charge is -2.45. The van der Waals surface area contributed by atoms with E-state index in [0.717, 1.165) is 0 Å². The highest BCUT2D eigenvalue weighted by atomic mass is 16.8. The Bertz CT molecular complexity index is 2030. The van der Waals surface area contributed by atoms with Gasteiger partial charge in [-0.3, -0.25) is 9.59 Å². The lowest BCUT2D eigenvalue weighted by atomic mass is 9.81. The number of nitrogens with zero attached hydrogens (tertiary/aromatic N) is 4. The van der Waals surface area contributed by atoms with Gasteiger partial charge in [0.1, 0.15) is 122 Å². The molecule has 2 aliphatic carbocycles. The third-order valence-corrected chi connectivity index (χ3v) is 14.7. The van der Waals surface area contributed by atoms with E-state index in [1.165, 1.54) is 27.9 Å². The molecule has 0 amide bonds. The van der Waals surface area contributed by atoms with Crippen LogP contribution in [0.1, 0.15) is 13.8 Å². The molecule has 0 radical (unpaired) electrons. The molecular formula is C42H78N14O24. The van der Waals surface area contributed by atoms with Crippen LogP contribution in [0.3, 0.4) is 0 Å². The zero-order valence-corrected chi connectivity index (χ0v) is 43.5. The van der Waals surface area contributed by atoms with Gasteiger partial charge in [0.05, 0.1) is 37.5 Å². The molecule has 30 atom stereocenters. The van der Waals surface area contributed by atoms with E-state index in [2.05, 4.69) is 30.6 Å². The van der Waals surface area contributed by atoms with Crippen LogP contribution in [0.4, 0.5) is 0 Å². The van der Waals surface area contributed by atoms with E-state index >= 15 is 0 Å². The Morgan fingerprint density at radius 1 is 0.450 bits per heavy atom. The van der Waals surface area contributed by atoms with Crippen molar-refractivity contribution in [2.75, 3.05) is 27.3 Å². The molecule has 0 spiro atoms. The third-order valence-electron chi connectivity index (χ3n) is 14.7. The van der Waals surface area contributed by atoms with Crippen molar-refractivity contribution >= 4 is 36.4 Å². The highest BCUT2D eigenvalue weighted by Crippen LogP contribution is 2.41. The number of guanidine groups is 4. The topological polar surface area (TPSA) is 673 Å². The molecule has 0 aromatic carbocycles. The van der Waals surface area contributed by atoms with Crippen molar-refractivity contribution in [1.29, 1.82) is 0 Å². The molecule has 80 heavy (non-hydrogen) atoms. The number of nitrogens with two attached hydrogens (primary N) is 8. The number of hydrogen-bond donors (Lipinski definition) is 24. The maximum Gasteiger partial charge on any atom is 0.188 e. The van der Waals surface area contributed by atoms with E-state index in [-0.39, 0.29) is 12.6 Å². The van der Waals surface area contributed by atoms with Gasteiger partial charge in [0, 0.05) is 0 Å². The van der Waals surface area contributed by atoms with Crippen LogP contribution >= 0.6 is 0 Å². The predicted molar refractivity (Wildman–Crippen MR) is 266 cm³/mol. The second-order valence-corrected chi connectivity index (χ2v) is 19.8. The third kappa shape index (κ3) is 13.4. The van der Waals surface area contributed by atoms with Crippen molar-refractivity contribution in [3.8, 4) is 0 Å². The van der Waals surface area contributed by atoms with Crippen molar-refractivity contribution < 1.29 is 119 Å². The van der Waals surface area contributed by atoms with Crippen LogP contribution in [0, 0.1) is 0 Å². The molecular weight excluding hydrogens is 1080 g/mol. The Hall–Kier alpha value is -4.54. The first-order chi connectivity index (χ1) is 37.4. The Kier molecular flexibility index (Phi) is 22.6. The lowest BCUT2D eigenvalue weighted by molar-refractivity contribution is -0.314. The summed E-state index contributed by atoms with van der Waals surface area (Å²) in [5, 5.41) is 153. The Morgan fingerprint density at radius 3 is 1.01 bits per heavy atom. The molecule has 38 heteroatoms. The summed E-state index contributed by atoms with van der Waals surface area (Å²) in [5.74, 6) is -2.07. The fraction of sp³-hybridized carbons (Fsp3) is 0.857. The monoisotopic (exact) mass is 1160 g/mol. The summed E-state index contributed by atoms with van der Waals surface area (Å²) in [7, 11) is 2.84. The Labute approximate surface area is 454 Å². The van der Waals surface area contributed by atoms with Crippen molar-refractivity contribution in [2.45, 2.75) is 196 Å². The minimum Gasteiger partial charge on any atom is -0.394 e. The maximum absolute atomic E-state index is 12.1. The highest BCUT2D eigenvalue weighted by Gasteiger charge is 2.63. The van der Waals surface area contributed by atoms with Gasteiger partial charge in [-0.15, -0.1) is 0 Å². The second kappa shape index (κ2) is 27.2. The molecule has 30 unspecified atom stereocenters. The first-order valence-corrected chi connectivity index (χ1v) is 24.8. The van der Waals surface area contributed by atoms with E-state index in [1.807, 2.05) is 0 Å². The number of aliphatic hydroxyl groups excluding tert-OH is 12. The SMILES string of the molecule is CNC1C(OC2C(OC3C(O)C(O)C(N=C(N)N)C(O)C3N=C(N)N)OC(C)C2(O)C=O)OC(CO)C(O)C1O.CNC1C(OC2C(OC3C(O)C(O)C(N=C(N)N)C(O)C3N=C(N)N)OC(C)C2(O)C=O)OC(CO)C(O)C1O. The van der Waals surface area contributed by atoms with Gasteiger partial charge in [-0.2, -0.15) is 0 Å². The predicted octanol–water partition coefficient (Wildman–Crippen LogP) is -16.3. The number of aliphatic imine (C=N–C) groups is 4. The summed E-state index contributed by atoms with van der Waals surface area (Å²) in [6.45, 7) is 1.24. The molecule has 0 aromatic heterocycles. The molecule has 0 bridgehead atoms. The lowest BCUT2D eigenvalue weighted by Crippen LogP contribution is -2.66. The molecule has 460 valence electrons. The molecule has 4 heterocycles. The van der Waals surface area contributed by atoms with Crippen LogP contribution in [0.2, 0.25) is 0 Å². The first-order valence-electron chi connectivity index (χ1n) is 24.8. The van der Waals surface area contributed by atoms with Gasteiger partial charge in [-0.25, -0.2) is 20.0 Å². The van der Waals surface area contributed by atoms with Crippen LogP contribution in [0.15, 0.2) is 20.0 Å². The number of likely N-dealkylation sites (N-methyl/N-ethyl adjacent to an activating group) is 2. The summed E-state index contributed by atoms with van der Waals surface area (Å²) < 4.78 is 45.9. The summed E-state index contributed by atoms with van der Waals surface area (Å²) >= 11 is 0. The maximum atomic E-state index is 12.1. The second-order valence-electron chi connectivity index (χ2n) is 19.8. The van der Waals surface area contributed by atoms with Gasteiger partial charge in [0.15, 0.2) is 72.8 Å². The summed E-state index contributed by atoms with van der Waals surface area (Å²) in [6.07, 6.45) is -34.6. The number of hydrogen-bond acceptors (Lipinski definition) is 30. The van der Waals surface area contributed by atoms with Gasteiger partial charge < -0.3 is 166 Å². The molecule has 4 aliphatic heterocycles. The minimum atomic E-state index is -2.38. The number of rotatable bonds is 18. The van der Waals surface area contributed by atoms with E-state index in [1.54, 1.807) is 0 Å². The zero-order chi connectivity index (χ0) is 60.2. The van der Waals surface area contributed by atoms with Gasteiger partial charge in [0.2, 0.25) is 0 Å². The molecule has 6 fully saturated rings. The zero-order valence-electron chi connectivity index (χ0n) is 43.5. The Morgan fingerprint density at radius 2 is 0.750 bits per heavy atom. The number of aldehydes is 2. The number of carbonyl (C=O) groups is 2. The van der Waals surface area contributed by atoms with Crippen LogP contribution in [0.5, 0.6) is 0 Å². The fourth-order valence-corrected chi connectivity index (χ4v) is 10.2. The summed E-state index contributed by atoms with van der Waals surface area (Å²) in [6, 6.07) is -8.16. The minimum absolute atomic E-state index is 0.140. The highest BCUT2D eigenvalue weighted by molar-refractivity contribution is 5.77. The van der Waals surface area contributed by atoms with E-state index in [9.17, 15) is 81.1 Å². The molecule has 6 aliphatic rings. The molecule has 32 N–H and O–H groups in total. The molecule has 6 rings (SSSR count). The van der Waals surface area contributed by atoms with Crippen LogP contribution in [0.25, 0.3) is 0 Å². The number of nitrogens with one attached hydrogen (secondary N) is 2. The largest absolute Gasteiger partial charge is 0.394 e. The van der Waals surface area contributed by atoms with Gasteiger partial charge >= 0.3 is 0 Å². The van der Waals surface area contributed by atoms with Crippen molar-refractivity contribution in [2.24, 2.45) is 65.8 Å². The van der Waals surface area contributed by atoms with Crippen molar-refractivity contribution in [3.63, 3.8) is 0 Å². The van der Waals surface area contributed by atoms with Crippen LogP contribution < -0.4 is 56.5 Å². The molecule has 2 saturated carbocycles. The van der Waals surface area contributed by atoms with Gasteiger partial charge in [-0.05, 0) is 27.9 Å². The number of aliphatic hydroxyl groups is 14. The number of carbonyl (C=O) groups excluding carboxylic acids is 2. The smallest absolute Gasteiger partial charge is 0.188 e. The molecule has 0 aromatic rings. The summed E-state index contributed by atoms with van der Waals surface area (Å²) in [4.78, 5) is 39.4. The normalized spacial score (nSPS) is 47.4. The number of ether oxygens (including phenoxy) is 8. The van der Waals surface area contributed by atoms with Crippen molar-refractivity contribution in [1.82, 2.24) is 10.6 Å². The fourth-order valence-electron chi connectivity index (χ4n) is 10.2. The standard InChI is InChI=1S/2C21H39N7O12/c2*1-5-21(36,4-30)16(40-17-9(26-2)13(34)10(31)6(3-29)38-17)18(37-5)39-15-8(28-20(24)25)11(32)7(27-19(22)23)12(33)14(15)35/h2*4-18,26,29,31-36H,3H2,1-2H3,(H4,22,23,27)(H4,24,25,28). The van der Waals surface area contributed by atoms with E-state index < -0.39 is 220 Å². The van der Waals surface area contributed by atoms with E-state index in [4.69, 9.17) is 83.8 Å². The van der Waals surface area contributed by atoms with Crippen molar-refractivity contribution in [3.05, 3.63) is 0 Å². The summed E-state index contributed by atoms with van der Waals surface area (Å²) in [5.41, 5.74) is 38.8. The molecule has 4 saturated heterocycles. The van der Waals surface area contributed by atoms with Gasteiger partial charge in [-0.1, -0.05) is 0 Å². The molecule has 38 nitrogen and oxygen atoms in total. The first kappa shape index (κ1) is 66.3. The average molecular weight is 1160 g/mol. The van der Waals surface area contributed by atoms with Crippen LogP contribution in [-0.2, 0) is 47.5 Å². The average Bonchev–Trinajstić information content (AvgIpc) is 3.83.